The second-order valence-electron chi connectivity index (χ2n) is 7.48. The first-order valence-corrected chi connectivity index (χ1v) is 10.8. The average molecular weight is 457 g/mol. The van der Waals surface area contributed by atoms with Crippen molar-refractivity contribution in [3.05, 3.63) is 65.5 Å². The van der Waals surface area contributed by atoms with E-state index in [2.05, 4.69) is 10.4 Å². The van der Waals surface area contributed by atoms with E-state index in [4.69, 9.17) is 9.47 Å². The number of halogens is 1. The lowest BCUT2D eigenvalue weighted by atomic mass is 9.97. The van der Waals surface area contributed by atoms with Crippen molar-refractivity contribution in [1.82, 2.24) is 15.2 Å². The maximum atomic E-state index is 14.5. The summed E-state index contributed by atoms with van der Waals surface area (Å²) in [7, 11) is 3.08. The van der Waals surface area contributed by atoms with E-state index in [0.717, 1.165) is 5.56 Å². The molecule has 0 unspecified atom stereocenters. The maximum Gasteiger partial charge on any atom is 0.317 e. The van der Waals surface area contributed by atoms with Crippen LogP contribution in [0.1, 0.15) is 30.5 Å². The molecule has 9 heteroatoms. The van der Waals surface area contributed by atoms with Crippen molar-refractivity contribution >= 4 is 17.6 Å². The minimum atomic E-state index is -0.498. The number of urea groups is 1. The largest absolute Gasteiger partial charge is 0.496 e. The Labute approximate surface area is 193 Å². The van der Waals surface area contributed by atoms with Crippen molar-refractivity contribution in [2.45, 2.75) is 19.4 Å². The van der Waals surface area contributed by atoms with E-state index in [1.54, 1.807) is 38.3 Å². The van der Waals surface area contributed by atoms with Crippen LogP contribution in [0, 0.1) is 5.82 Å². The van der Waals surface area contributed by atoms with Gasteiger partial charge in [0, 0.05) is 37.7 Å². The summed E-state index contributed by atoms with van der Waals surface area (Å²) in [6, 6.07) is 12.8. The van der Waals surface area contributed by atoms with E-state index in [9.17, 15) is 14.0 Å². The molecule has 3 amide bonds. The first kappa shape index (κ1) is 24.2. The smallest absolute Gasteiger partial charge is 0.317 e. The van der Waals surface area contributed by atoms with Crippen molar-refractivity contribution in [3.63, 3.8) is 0 Å². The third-order valence-corrected chi connectivity index (χ3v) is 5.36. The second kappa shape index (κ2) is 11.4. The van der Waals surface area contributed by atoms with Crippen LogP contribution in [0.15, 0.2) is 53.6 Å². The number of nitrogens with one attached hydrogen (secondary N) is 1. The van der Waals surface area contributed by atoms with Crippen molar-refractivity contribution in [2.24, 2.45) is 5.10 Å². The summed E-state index contributed by atoms with van der Waals surface area (Å²) >= 11 is 0. The third-order valence-electron chi connectivity index (χ3n) is 5.36. The van der Waals surface area contributed by atoms with E-state index in [1.165, 1.54) is 23.1 Å². The summed E-state index contributed by atoms with van der Waals surface area (Å²) in [5.41, 5.74) is 1.55. The van der Waals surface area contributed by atoms with E-state index < -0.39 is 11.9 Å². The van der Waals surface area contributed by atoms with Gasteiger partial charge in [-0.25, -0.2) is 14.2 Å². The molecule has 0 saturated heterocycles. The fraction of sp³-hybridized carbons (Fsp3) is 0.375. The molecule has 8 nitrogen and oxygen atoms in total. The number of amides is 3. The quantitative estimate of drug-likeness (QED) is 0.628. The van der Waals surface area contributed by atoms with Gasteiger partial charge in [0.15, 0.2) is 0 Å². The van der Waals surface area contributed by atoms with Crippen molar-refractivity contribution in [2.75, 3.05) is 40.5 Å². The maximum absolute atomic E-state index is 14.5. The van der Waals surface area contributed by atoms with Crippen LogP contribution in [0.25, 0.3) is 0 Å². The number of hydrazone groups is 1. The second-order valence-corrected chi connectivity index (χ2v) is 7.48. The summed E-state index contributed by atoms with van der Waals surface area (Å²) in [5.74, 6) is -0.196. The molecule has 0 radical (unpaired) electrons. The van der Waals surface area contributed by atoms with Crippen LogP contribution in [0.3, 0.4) is 0 Å². The Hall–Kier alpha value is -3.46. The van der Waals surface area contributed by atoms with Crippen molar-refractivity contribution in [3.8, 4) is 5.75 Å². The molecule has 0 aliphatic carbocycles. The summed E-state index contributed by atoms with van der Waals surface area (Å²) in [4.78, 5) is 27.2. The minimum absolute atomic E-state index is 0.200. The predicted molar refractivity (Wildman–Crippen MR) is 123 cm³/mol. The van der Waals surface area contributed by atoms with E-state index in [0.29, 0.717) is 30.0 Å². The van der Waals surface area contributed by atoms with E-state index >= 15 is 0 Å². The van der Waals surface area contributed by atoms with Gasteiger partial charge in [-0.2, -0.15) is 5.10 Å². The Kier molecular flexibility index (Phi) is 8.37. The fourth-order valence-corrected chi connectivity index (χ4v) is 3.73. The molecule has 0 saturated carbocycles. The predicted octanol–water partition coefficient (Wildman–Crippen LogP) is 3.19. The van der Waals surface area contributed by atoms with Gasteiger partial charge < -0.3 is 19.7 Å². The highest BCUT2D eigenvalue weighted by Gasteiger charge is 2.36. The average Bonchev–Trinajstić information content (AvgIpc) is 3.27. The summed E-state index contributed by atoms with van der Waals surface area (Å²) in [6.07, 6.45) is 0.312. The number of hydrogen-bond donors (Lipinski definition) is 1. The number of para-hydroxylation sites is 1. The van der Waals surface area contributed by atoms with Gasteiger partial charge in [-0.05, 0) is 19.1 Å². The molecule has 33 heavy (non-hydrogen) atoms. The highest BCUT2D eigenvalue weighted by atomic mass is 19.1. The van der Waals surface area contributed by atoms with E-state index in [-0.39, 0.29) is 31.6 Å². The normalized spacial score (nSPS) is 15.2. The van der Waals surface area contributed by atoms with E-state index in [1.807, 2.05) is 18.2 Å². The van der Waals surface area contributed by atoms with Crippen LogP contribution >= 0.6 is 0 Å². The van der Waals surface area contributed by atoms with Crippen molar-refractivity contribution < 1.29 is 23.5 Å². The molecule has 1 aliphatic rings. The SMILES string of the molecule is CCNC(=O)N(CCOC)CC(=O)N1N=C(c2ccccc2F)C[C@@H]1c1ccccc1OC. The molecule has 0 aromatic heterocycles. The lowest BCUT2D eigenvalue weighted by Crippen LogP contribution is -2.47. The van der Waals surface area contributed by atoms with Gasteiger partial charge in [0.1, 0.15) is 18.1 Å². The molecular formula is C24H29FN4O4. The molecule has 1 atom stereocenters. The van der Waals surface area contributed by atoms with Crippen LogP contribution in [0.5, 0.6) is 5.75 Å². The Balaban J connectivity index is 1.94. The zero-order chi connectivity index (χ0) is 23.8. The highest BCUT2D eigenvalue weighted by molar-refractivity contribution is 6.03. The van der Waals surface area contributed by atoms with Crippen LogP contribution < -0.4 is 10.1 Å². The van der Waals surface area contributed by atoms with Gasteiger partial charge in [0.2, 0.25) is 0 Å². The summed E-state index contributed by atoms with van der Waals surface area (Å²) in [6.45, 7) is 2.56. The Morgan fingerprint density at radius 1 is 1.18 bits per heavy atom. The van der Waals surface area contributed by atoms with Gasteiger partial charge in [0.25, 0.3) is 5.91 Å². The Morgan fingerprint density at radius 2 is 1.91 bits per heavy atom. The molecule has 0 spiro atoms. The number of carbonyl (C=O) groups is 2. The first-order valence-electron chi connectivity index (χ1n) is 10.8. The van der Waals surface area contributed by atoms with Gasteiger partial charge in [-0.1, -0.05) is 36.4 Å². The number of ether oxygens (including phenoxy) is 2. The topological polar surface area (TPSA) is 83.5 Å². The van der Waals surface area contributed by atoms with Gasteiger partial charge in [-0.15, -0.1) is 0 Å². The monoisotopic (exact) mass is 456 g/mol. The number of methoxy groups -OCH3 is 2. The molecule has 3 rings (SSSR count). The number of carbonyl (C=O) groups excluding carboxylic acids is 2. The number of hydrogen-bond acceptors (Lipinski definition) is 5. The summed E-state index contributed by atoms with van der Waals surface area (Å²) < 4.78 is 25.1. The summed E-state index contributed by atoms with van der Waals surface area (Å²) in [5, 5.41) is 8.55. The standard InChI is InChI=1S/C24H29FN4O4/c1-4-26-24(31)28(13-14-32-2)16-23(30)29-21(18-10-6-8-12-22(18)33-3)15-20(27-29)17-9-5-7-11-19(17)25/h5-12,21H,4,13-16H2,1-3H3,(H,26,31)/t21-/m1/s1. The molecule has 1 aliphatic heterocycles. The molecular weight excluding hydrogens is 427 g/mol. The van der Waals surface area contributed by atoms with Crippen LogP contribution in [0.4, 0.5) is 9.18 Å². The van der Waals surface area contributed by atoms with Gasteiger partial charge >= 0.3 is 6.03 Å². The number of benzene rings is 2. The van der Waals surface area contributed by atoms with Gasteiger partial charge in [0.05, 0.1) is 25.5 Å². The van der Waals surface area contributed by atoms with Crippen LogP contribution in [0.2, 0.25) is 0 Å². The lowest BCUT2D eigenvalue weighted by Gasteiger charge is -2.27. The van der Waals surface area contributed by atoms with Crippen LogP contribution in [-0.2, 0) is 9.53 Å². The minimum Gasteiger partial charge on any atom is -0.496 e. The lowest BCUT2D eigenvalue weighted by molar-refractivity contribution is -0.133. The number of nitrogens with zero attached hydrogens (tertiary/aromatic N) is 3. The first-order chi connectivity index (χ1) is 16.0. The van der Waals surface area contributed by atoms with Crippen LogP contribution in [-0.4, -0.2) is 68.0 Å². The molecule has 1 N–H and O–H groups in total. The zero-order valence-corrected chi connectivity index (χ0v) is 19.1. The third kappa shape index (κ3) is 5.67. The Bertz CT molecular complexity index is 1010. The molecule has 0 bridgehead atoms. The molecule has 1 heterocycles. The molecule has 2 aromatic carbocycles. The number of rotatable bonds is 9. The molecule has 176 valence electrons. The fourth-order valence-electron chi connectivity index (χ4n) is 3.73. The Morgan fingerprint density at radius 3 is 2.61 bits per heavy atom. The molecule has 0 fully saturated rings. The molecule has 2 aromatic rings. The highest BCUT2D eigenvalue weighted by Crippen LogP contribution is 2.37. The zero-order valence-electron chi connectivity index (χ0n) is 19.1. The van der Waals surface area contributed by atoms with Crippen molar-refractivity contribution in [1.29, 1.82) is 0 Å². The van der Waals surface area contributed by atoms with Gasteiger partial charge in [-0.3, -0.25) is 4.79 Å².